The first-order chi connectivity index (χ1) is 9.38. The van der Waals surface area contributed by atoms with E-state index in [1.165, 1.54) is 10.9 Å². The van der Waals surface area contributed by atoms with Crippen molar-refractivity contribution in [3.63, 3.8) is 0 Å². The molecule has 2 heterocycles. The lowest BCUT2D eigenvalue weighted by Crippen LogP contribution is -2.15. The molecular weight excluding hydrogens is 234 g/mol. The third-order valence-electron chi connectivity index (χ3n) is 3.53. The largest absolute Gasteiger partial charge is 0.361 e. The van der Waals surface area contributed by atoms with E-state index >= 15 is 0 Å². The molecule has 0 fully saturated rings. The Balaban J connectivity index is 1.94. The van der Waals surface area contributed by atoms with Crippen molar-refractivity contribution in [2.45, 2.75) is 12.3 Å². The summed E-state index contributed by atoms with van der Waals surface area (Å²) >= 11 is 0. The lowest BCUT2D eigenvalue weighted by atomic mass is 9.94. The highest BCUT2D eigenvalue weighted by atomic mass is 14.7. The Morgan fingerprint density at radius 3 is 2.74 bits per heavy atom. The number of H-pyrrole nitrogens is 1. The number of fused-ring (bicyclic) bond motifs is 1. The Labute approximate surface area is 112 Å². The van der Waals surface area contributed by atoms with E-state index in [1.54, 1.807) is 0 Å². The molecule has 1 aromatic carbocycles. The van der Waals surface area contributed by atoms with Gasteiger partial charge in [-0.2, -0.15) is 0 Å². The molecule has 3 N–H and O–H groups in total. The van der Waals surface area contributed by atoms with Crippen LogP contribution in [0, 0.1) is 0 Å². The van der Waals surface area contributed by atoms with Crippen LogP contribution in [0.25, 0.3) is 10.9 Å². The molecule has 0 amide bonds. The molecule has 3 aromatic rings. The minimum Gasteiger partial charge on any atom is -0.361 e. The summed E-state index contributed by atoms with van der Waals surface area (Å²) in [6, 6.07) is 14.3. The van der Waals surface area contributed by atoms with E-state index in [1.807, 2.05) is 24.4 Å². The number of nitrogens with one attached hydrogen (secondary N) is 1. The zero-order valence-corrected chi connectivity index (χ0v) is 10.7. The lowest BCUT2D eigenvalue weighted by Gasteiger charge is -2.13. The van der Waals surface area contributed by atoms with Crippen LogP contribution < -0.4 is 5.73 Å². The van der Waals surface area contributed by atoms with Gasteiger partial charge in [-0.15, -0.1) is 0 Å². The van der Waals surface area contributed by atoms with E-state index in [9.17, 15) is 0 Å². The number of benzene rings is 1. The summed E-state index contributed by atoms with van der Waals surface area (Å²) in [5.74, 6) is 0.297. The predicted molar refractivity (Wildman–Crippen MR) is 78.0 cm³/mol. The first-order valence-electron chi connectivity index (χ1n) is 6.54. The van der Waals surface area contributed by atoms with E-state index in [2.05, 4.69) is 40.4 Å². The van der Waals surface area contributed by atoms with Crippen LogP contribution in [0.4, 0.5) is 0 Å². The summed E-state index contributed by atoms with van der Waals surface area (Å²) in [6.45, 7) is 0.623. The third-order valence-corrected chi connectivity index (χ3v) is 3.53. The standard InChI is InChI=1S/C16H17N3/c17-10-12(9-13-5-3-4-8-18-13)15-11-19-16-7-2-1-6-14(15)16/h1-8,11-12,19H,9-10,17H2. The van der Waals surface area contributed by atoms with Gasteiger partial charge in [-0.25, -0.2) is 0 Å². The Kier molecular flexibility index (Phi) is 3.29. The second-order valence-corrected chi connectivity index (χ2v) is 4.75. The number of hydrogen-bond donors (Lipinski definition) is 2. The van der Waals surface area contributed by atoms with E-state index in [-0.39, 0.29) is 0 Å². The van der Waals surface area contributed by atoms with Gasteiger partial charge in [0, 0.05) is 34.9 Å². The molecule has 1 atom stereocenters. The van der Waals surface area contributed by atoms with Crippen molar-refractivity contribution in [2.75, 3.05) is 6.54 Å². The van der Waals surface area contributed by atoms with Crippen LogP contribution in [0.1, 0.15) is 17.2 Å². The molecule has 2 aromatic heterocycles. The molecular formula is C16H17N3. The maximum Gasteiger partial charge on any atom is 0.0456 e. The van der Waals surface area contributed by atoms with Crippen molar-refractivity contribution in [1.82, 2.24) is 9.97 Å². The third kappa shape index (κ3) is 2.37. The number of rotatable bonds is 4. The quantitative estimate of drug-likeness (QED) is 0.749. The molecule has 0 bridgehead atoms. The van der Waals surface area contributed by atoms with Gasteiger partial charge in [0.05, 0.1) is 0 Å². The van der Waals surface area contributed by atoms with Crippen LogP contribution in [0.3, 0.4) is 0 Å². The van der Waals surface area contributed by atoms with Gasteiger partial charge >= 0.3 is 0 Å². The number of hydrogen-bond acceptors (Lipinski definition) is 2. The van der Waals surface area contributed by atoms with E-state index in [0.29, 0.717) is 12.5 Å². The number of nitrogens with zero attached hydrogens (tertiary/aromatic N) is 1. The zero-order chi connectivity index (χ0) is 13.1. The van der Waals surface area contributed by atoms with Crippen molar-refractivity contribution in [1.29, 1.82) is 0 Å². The second-order valence-electron chi connectivity index (χ2n) is 4.75. The minimum absolute atomic E-state index is 0.297. The van der Waals surface area contributed by atoms with Crippen molar-refractivity contribution in [2.24, 2.45) is 5.73 Å². The highest BCUT2D eigenvalue weighted by Crippen LogP contribution is 2.27. The van der Waals surface area contributed by atoms with Gasteiger partial charge in [-0.1, -0.05) is 24.3 Å². The molecule has 0 spiro atoms. The van der Waals surface area contributed by atoms with Crippen molar-refractivity contribution >= 4 is 10.9 Å². The van der Waals surface area contributed by atoms with Gasteiger partial charge < -0.3 is 10.7 Å². The fraction of sp³-hybridized carbons (Fsp3) is 0.188. The summed E-state index contributed by atoms with van der Waals surface area (Å²) in [5, 5.41) is 1.26. The molecule has 0 aliphatic rings. The summed E-state index contributed by atoms with van der Waals surface area (Å²) in [4.78, 5) is 7.70. The molecule has 0 saturated carbocycles. The smallest absolute Gasteiger partial charge is 0.0456 e. The Bertz CT molecular complexity index is 658. The Morgan fingerprint density at radius 2 is 1.95 bits per heavy atom. The molecule has 3 heteroatoms. The predicted octanol–water partition coefficient (Wildman–Crippen LogP) is 2.85. The van der Waals surface area contributed by atoms with Gasteiger partial charge in [0.15, 0.2) is 0 Å². The highest BCUT2D eigenvalue weighted by molar-refractivity contribution is 5.83. The van der Waals surface area contributed by atoms with Crippen LogP contribution in [0.2, 0.25) is 0 Å². The molecule has 0 radical (unpaired) electrons. The SMILES string of the molecule is NCC(Cc1ccccn1)c1c[nH]c2ccccc12. The molecule has 96 valence electrons. The van der Waals surface area contributed by atoms with E-state index < -0.39 is 0 Å². The average Bonchev–Trinajstić information content (AvgIpc) is 2.90. The van der Waals surface area contributed by atoms with Gasteiger partial charge in [-0.3, -0.25) is 4.98 Å². The van der Waals surface area contributed by atoms with Gasteiger partial charge in [0.2, 0.25) is 0 Å². The molecule has 0 aliphatic carbocycles. The van der Waals surface area contributed by atoms with Crippen molar-refractivity contribution in [3.8, 4) is 0 Å². The Hall–Kier alpha value is -2.13. The molecule has 0 aliphatic heterocycles. The molecule has 0 saturated heterocycles. The molecule has 19 heavy (non-hydrogen) atoms. The summed E-state index contributed by atoms with van der Waals surface area (Å²) in [6.07, 6.45) is 4.78. The van der Waals surface area contributed by atoms with E-state index in [0.717, 1.165) is 17.6 Å². The van der Waals surface area contributed by atoms with Crippen molar-refractivity contribution < 1.29 is 0 Å². The molecule has 3 rings (SSSR count). The van der Waals surface area contributed by atoms with Gasteiger partial charge in [-0.05, 0) is 36.7 Å². The minimum atomic E-state index is 0.297. The van der Waals surface area contributed by atoms with Crippen molar-refractivity contribution in [3.05, 3.63) is 66.1 Å². The number of aromatic amines is 1. The summed E-state index contributed by atoms with van der Waals surface area (Å²) in [5.41, 5.74) is 9.49. The Morgan fingerprint density at radius 1 is 1.11 bits per heavy atom. The van der Waals surface area contributed by atoms with E-state index in [4.69, 9.17) is 5.73 Å². The maximum absolute atomic E-state index is 5.96. The first-order valence-corrected chi connectivity index (χ1v) is 6.54. The van der Waals surface area contributed by atoms with Gasteiger partial charge in [0.25, 0.3) is 0 Å². The van der Waals surface area contributed by atoms with Crippen LogP contribution >= 0.6 is 0 Å². The highest BCUT2D eigenvalue weighted by Gasteiger charge is 2.15. The number of nitrogens with two attached hydrogens (primary N) is 1. The topological polar surface area (TPSA) is 54.7 Å². The normalized spacial score (nSPS) is 12.7. The summed E-state index contributed by atoms with van der Waals surface area (Å²) in [7, 11) is 0. The average molecular weight is 251 g/mol. The number of pyridine rings is 1. The molecule has 3 nitrogen and oxygen atoms in total. The van der Waals surface area contributed by atoms with Crippen LogP contribution in [0.15, 0.2) is 54.9 Å². The number of para-hydroxylation sites is 1. The van der Waals surface area contributed by atoms with Crippen LogP contribution in [-0.2, 0) is 6.42 Å². The fourth-order valence-corrected chi connectivity index (χ4v) is 2.52. The van der Waals surface area contributed by atoms with Crippen LogP contribution in [0.5, 0.6) is 0 Å². The monoisotopic (exact) mass is 251 g/mol. The maximum atomic E-state index is 5.96. The lowest BCUT2D eigenvalue weighted by molar-refractivity contribution is 0.687. The second kappa shape index (κ2) is 5.24. The fourth-order valence-electron chi connectivity index (χ4n) is 2.52. The summed E-state index contributed by atoms with van der Waals surface area (Å²) < 4.78 is 0. The van der Waals surface area contributed by atoms with Gasteiger partial charge in [0.1, 0.15) is 0 Å². The zero-order valence-electron chi connectivity index (χ0n) is 10.7. The first kappa shape index (κ1) is 11.9. The van der Waals surface area contributed by atoms with Crippen LogP contribution in [-0.4, -0.2) is 16.5 Å². The number of aromatic nitrogens is 2. The molecule has 1 unspecified atom stereocenters.